The molecule has 0 aliphatic heterocycles. The van der Waals surface area contributed by atoms with Gasteiger partial charge in [-0.25, -0.2) is 0 Å². The molecule has 2 amide bonds. The summed E-state index contributed by atoms with van der Waals surface area (Å²) >= 11 is 0. The van der Waals surface area contributed by atoms with E-state index in [2.05, 4.69) is 22.8 Å². The van der Waals surface area contributed by atoms with Crippen molar-refractivity contribution in [3.05, 3.63) is 96.1 Å². The Bertz CT molecular complexity index is 1270. The van der Waals surface area contributed by atoms with E-state index in [-0.39, 0.29) is 36.7 Å². The Kier molecular flexibility index (Phi) is 12.0. The summed E-state index contributed by atoms with van der Waals surface area (Å²) in [6, 6.07) is 26.7. The molecule has 0 heterocycles. The highest BCUT2D eigenvalue weighted by Gasteiger charge is 2.27. The Morgan fingerprint density at radius 3 is 2.19 bits per heavy atom. The highest BCUT2D eigenvalue weighted by atomic mass is 16.5. The van der Waals surface area contributed by atoms with Gasteiger partial charge in [0.2, 0.25) is 5.91 Å². The van der Waals surface area contributed by atoms with Crippen molar-refractivity contribution in [2.24, 2.45) is 5.92 Å². The average Bonchev–Trinajstić information content (AvgIpc) is 3.03. The summed E-state index contributed by atoms with van der Waals surface area (Å²) in [5, 5.41) is 6.49. The Balaban J connectivity index is 1.44. The maximum Gasteiger partial charge on any atom is 0.306 e. The van der Waals surface area contributed by atoms with E-state index >= 15 is 0 Å². The Morgan fingerprint density at radius 2 is 1.48 bits per heavy atom. The van der Waals surface area contributed by atoms with E-state index < -0.39 is 5.97 Å². The van der Waals surface area contributed by atoms with Crippen LogP contribution in [0.4, 0.5) is 0 Å². The van der Waals surface area contributed by atoms with Crippen molar-refractivity contribution in [1.82, 2.24) is 10.6 Å². The topological polar surface area (TPSA) is 93.7 Å². The molecule has 222 valence electrons. The van der Waals surface area contributed by atoms with Gasteiger partial charge in [0.1, 0.15) is 11.5 Å². The molecule has 3 aromatic rings. The Hall–Kier alpha value is -4.13. The maximum atomic E-state index is 13.5. The number of esters is 1. The molecular weight excluding hydrogens is 528 g/mol. The van der Waals surface area contributed by atoms with E-state index in [9.17, 15) is 14.4 Å². The molecule has 0 aromatic heterocycles. The minimum absolute atomic E-state index is 0.0123. The highest BCUT2D eigenvalue weighted by Crippen LogP contribution is 2.29. The molecule has 42 heavy (non-hydrogen) atoms. The summed E-state index contributed by atoms with van der Waals surface area (Å²) < 4.78 is 10.6. The molecule has 1 saturated carbocycles. The number of carbonyl (C=O) groups excluding carboxylic acids is 3. The summed E-state index contributed by atoms with van der Waals surface area (Å²) in [5.74, 6) is 1.02. The van der Waals surface area contributed by atoms with E-state index in [1.807, 2.05) is 66.7 Å². The number of hydrogen-bond donors (Lipinski definition) is 2. The third-order valence-corrected chi connectivity index (χ3v) is 7.91. The molecule has 0 spiro atoms. The molecule has 0 saturated heterocycles. The van der Waals surface area contributed by atoms with Crippen LogP contribution in [0.5, 0.6) is 11.5 Å². The van der Waals surface area contributed by atoms with Crippen molar-refractivity contribution in [1.29, 1.82) is 0 Å². The van der Waals surface area contributed by atoms with Crippen LogP contribution in [0.1, 0.15) is 73.7 Å². The Labute approximate surface area is 249 Å². The SMILES string of the molecule is COC(=O)CCC(=O)NC(CCC(NC(=O)c1cccc(Oc2ccccc2)c1)C1CCCCC1)Cc1ccccc1. The lowest BCUT2D eigenvalue weighted by atomic mass is 9.81. The molecule has 1 aliphatic rings. The zero-order valence-corrected chi connectivity index (χ0v) is 24.4. The number of rotatable bonds is 14. The van der Waals surface area contributed by atoms with E-state index in [1.54, 1.807) is 6.07 Å². The van der Waals surface area contributed by atoms with Crippen LogP contribution in [-0.4, -0.2) is 37.0 Å². The molecular formula is C35H42N2O5. The molecule has 0 radical (unpaired) electrons. The molecule has 2 atom stereocenters. The third kappa shape index (κ3) is 10.1. The average molecular weight is 571 g/mol. The van der Waals surface area contributed by atoms with E-state index in [4.69, 9.17) is 9.47 Å². The van der Waals surface area contributed by atoms with Gasteiger partial charge in [0.15, 0.2) is 0 Å². The smallest absolute Gasteiger partial charge is 0.306 e. The third-order valence-electron chi connectivity index (χ3n) is 7.91. The molecule has 1 aliphatic carbocycles. The van der Waals surface area contributed by atoms with E-state index in [1.165, 1.54) is 13.5 Å². The lowest BCUT2D eigenvalue weighted by Gasteiger charge is -2.32. The van der Waals surface area contributed by atoms with E-state index in [0.29, 0.717) is 35.8 Å². The monoisotopic (exact) mass is 570 g/mol. The van der Waals surface area contributed by atoms with Crippen LogP contribution in [0.3, 0.4) is 0 Å². The van der Waals surface area contributed by atoms with Crippen molar-refractivity contribution < 1.29 is 23.9 Å². The first-order valence-electron chi connectivity index (χ1n) is 15.0. The fraction of sp³-hybridized carbons (Fsp3) is 0.400. The second-order valence-corrected chi connectivity index (χ2v) is 11.0. The molecule has 2 unspecified atom stereocenters. The van der Waals surface area contributed by atoms with Gasteiger partial charge in [-0.2, -0.15) is 0 Å². The predicted molar refractivity (Wildman–Crippen MR) is 163 cm³/mol. The zero-order valence-electron chi connectivity index (χ0n) is 24.4. The van der Waals surface area contributed by atoms with Crippen LogP contribution in [0.25, 0.3) is 0 Å². The summed E-state index contributed by atoms with van der Waals surface area (Å²) in [6.45, 7) is 0. The first kappa shape index (κ1) is 30.8. The molecule has 7 heteroatoms. The number of nitrogens with one attached hydrogen (secondary N) is 2. The molecule has 0 bridgehead atoms. The van der Waals surface area contributed by atoms with Gasteiger partial charge >= 0.3 is 5.97 Å². The lowest BCUT2D eigenvalue weighted by Crippen LogP contribution is -2.43. The highest BCUT2D eigenvalue weighted by molar-refractivity contribution is 5.94. The van der Waals surface area contributed by atoms with Gasteiger partial charge in [0.25, 0.3) is 5.91 Å². The number of benzene rings is 3. The number of para-hydroxylation sites is 1. The fourth-order valence-electron chi connectivity index (χ4n) is 5.66. The maximum absolute atomic E-state index is 13.5. The molecule has 7 nitrogen and oxygen atoms in total. The lowest BCUT2D eigenvalue weighted by molar-refractivity contribution is -0.142. The molecule has 4 rings (SSSR count). The normalized spacial score (nSPS) is 14.8. The van der Waals surface area contributed by atoms with Crippen molar-refractivity contribution in [2.45, 2.75) is 76.3 Å². The van der Waals surface area contributed by atoms with Crippen LogP contribution in [0.2, 0.25) is 0 Å². The first-order chi connectivity index (χ1) is 20.5. The second-order valence-electron chi connectivity index (χ2n) is 11.0. The second kappa shape index (κ2) is 16.3. The van der Waals surface area contributed by atoms with Gasteiger partial charge in [-0.15, -0.1) is 0 Å². The quantitative estimate of drug-likeness (QED) is 0.213. The number of methoxy groups -OCH3 is 1. The largest absolute Gasteiger partial charge is 0.469 e. The molecule has 3 aromatic carbocycles. The number of hydrogen-bond acceptors (Lipinski definition) is 5. The van der Waals surface area contributed by atoms with E-state index in [0.717, 1.165) is 37.7 Å². The van der Waals surface area contributed by atoms with Gasteiger partial charge in [0, 0.05) is 24.1 Å². The van der Waals surface area contributed by atoms with Gasteiger partial charge in [-0.1, -0.05) is 73.9 Å². The van der Waals surface area contributed by atoms with Crippen molar-refractivity contribution in [3.8, 4) is 11.5 Å². The molecule has 2 N–H and O–H groups in total. The zero-order chi connectivity index (χ0) is 29.6. The van der Waals surface area contributed by atoms with Crippen LogP contribution in [0, 0.1) is 5.92 Å². The van der Waals surface area contributed by atoms with Crippen LogP contribution in [-0.2, 0) is 20.7 Å². The number of carbonyl (C=O) groups is 3. The van der Waals surface area contributed by atoms with Gasteiger partial charge in [-0.3, -0.25) is 14.4 Å². The van der Waals surface area contributed by atoms with Gasteiger partial charge < -0.3 is 20.1 Å². The minimum atomic E-state index is -0.400. The van der Waals surface area contributed by atoms with Crippen LogP contribution < -0.4 is 15.4 Å². The summed E-state index contributed by atoms with van der Waals surface area (Å²) in [4.78, 5) is 37.8. The van der Waals surface area contributed by atoms with Gasteiger partial charge in [0.05, 0.1) is 13.5 Å². The van der Waals surface area contributed by atoms with Crippen molar-refractivity contribution in [2.75, 3.05) is 7.11 Å². The number of amides is 2. The minimum Gasteiger partial charge on any atom is -0.469 e. The van der Waals surface area contributed by atoms with Crippen molar-refractivity contribution in [3.63, 3.8) is 0 Å². The van der Waals surface area contributed by atoms with Crippen molar-refractivity contribution >= 4 is 17.8 Å². The standard InChI is InChI=1S/C35H42N2O5/c1-41-34(39)23-22-33(38)36-29(24-26-12-5-2-6-13-26)20-21-32(27-14-7-3-8-15-27)37-35(40)28-16-11-19-31(25-28)42-30-17-9-4-10-18-30/h2,4-6,9-13,16-19,25,27,29,32H,3,7-8,14-15,20-24H2,1H3,(H,36,38)(H,37,40). The summed E-state index contributed by atoms with van der Waals surface area (Å²) in [7, 11) is 1.32. The molecule has 1 fully saturated rings. The fourth-order valence-corrected chi connectivity index (χ4v) is 5.66. The van der Waals surface area contributed by atoms with Crippen LogP contribution >= 0.6 is 0 Å². The Morgan fingerprint density at radius 1 is 0.786 bits per heavy atom. The first-order valence-corrected chi connectivity index (χ1v) is 15.0. The summed E-state index contributed by atoms with van der Waals surface area (Å²) in [6.07, 6.45) is 7.97. The predicted octanol–water partition coefficient (Wildman–Crippen LogP) is 6.62. The summed E-state index contributed by atoms with van der Waals surface area (Å²) in [5.41, 5.74) is 1.69. The number of ether oxygens (including phenoxy) is 2. The van der Waals surface area contributed by atoms with Gasteiger partial charge in [-0.05, 0) is 73.9 Å². The van der Waals surface area contributed by atoms with Crippen LogP contribution in [0.15, 0.2) is 84.9 Å².